The van der Waals surface area contributed by atoms with E-state index in [0.717, 1.165) is 63.3 Å². The van der Waals surface area contributed by atoms with Crippen LogP contribution >= 0.6 is 11.8 Å². The lowest BCUT2D eigenvalue weighted by molar-refractivity contribution is 0.356. The Balaban J connectivity index is 1.68. The number of hydrogen-bond donors (Lipinski definition) is 0. The molecule has 6 heteroatoms. The fourth-order valence-corrected chi connectivity index (χ4v) is 4.86. The average Bonchev–Trinajstić information content (AvgIpc) is 3.25. The van der Waals surface area contributed by atoms with Crippen molar-refractivity contribution in [2.75, 3.05) is 43.7 Å². The molecule has 0 atom stereocenters. The summed E-state index contributed by atoms with van der Waals surface area (Å²) in [6, 6.07) is 12.4. The van der Waals surface area contributed by atoms with Crippen molar-refractivity contribution in [3.63, 3.8) is 0 Å². The number of anilines is 1. The summed E-state index contributed by atoms with van der Waals surface area (Å²) in [7, 11) is 3.31. The molecule has 0 amide bonds. The van der Waals surface area contributed by atoms with Crippen LogP contribution in [0.3, 0.4) is 0 Å². The van der Waals surface area contributed by atoms with Crippen LogP contribution in [-0.2, 0) is 0 Å². The number of rotatable bonds is 4. The van der Waals surface area contributed by atoms with Gasteiger partial charge in [0.25, 0.3) is 0 Å². The first-order valence-electron chi connectivity index (χ1n) is 9.63. The molecular weight excluding hydrogens is 384 g/mol. The van der Waals surface area contributed by atoms with Crippen molar-refractivity contribution in [2.45, 2.75) is 0 Å². The Morgan fingerprint density at radius 3 is 2.48 bits per heavy atom. The molecule has 1 saturated heterocycles. The molecule has 1 fully saturated rings. The Morgan fingerprint density at radius 2 is 1.76 bits per heavy atom. The van der Waals surface area contributed by atoms with E-state index in [1.54, 1.807) is 20.5 Å². The van der Waals surface area contributed by atoms with Crippen molar-refractivity contribution in [1.29, 1.82) is 0 Å². The smallest absolute Gasteiger partial charge is 0.161 e. The van der Waals surface area contributed by atoms with Crippen molar-refractivity contribution in [2.24, 2.45) is 0 Å². The number of thioether (sulfide) groups is 1. The number of benzene rings is 2. The molecule has 148 valence electrons. The van der Waals surface area contributed by atoms with Crippen LogP contribution in [-0.4, -0.2) is 43.8 Å². The van der Waals surface area contributed by atoms with Gasteiger partial charge in [-0.1, -0.05) is 0 Å². The Bertz CT molecular complexity index is 1160. The second-order valence-electron chi connectivity index (χ2n) is 7.02. The fourth-order valence-electron chi connectivity index (χ4n) is 3.96. The van der Waals surface area contributed by atoms with Gasteiger partial charge in [0.15, 0.2) is 11.5 Å². The van der Waals surface area contributed by atoms with Crippen LogP contribution < -0.4 is 14.4 Å². The van der Waals surface area contributed by atoms with Crippen molar-refractivity contribution in [3.8, 4) is 22.6 Å². The highest BCUT2D eigenvalue weighted by atomic mass is 32.2. The molecular formula is C23H22N2O3S. The van der Waals surface area contributed by atoms with Gasteiger partial charge in [0.2, 0.25) is 0 Å². The number of ether oxygens (including phenoxy) is 2. The molecule has 3 heterocycles. The summed E-state index contributed by atoms with van der Waals surface area (Å²) < 4.78 is 16.9. The zero-order valence-corrected chi connectivity index (χ0v) is 17.3. The molecule has 2 aromatic carbocycles. The third kappa shape index (κ3) is 3.17. The van der Waals surface area contributed by atoms with Crippen LogP contribution in [0, 0.1) is 0 Å². The van der Waals surface area contributed by atoms with Crippen molar-refractivity contribution >= 4 is 39.3 Å². The quantitative estimate of drug-likeness (QED) is 0.463. The highest BCUT2D eigenvalue weighted by Crippen LogP contribution is 2.41. The van der Waals surface area contributed by atoms with Crippen LogP contribution in [0.15, 0.2) is 53.3 Å². The molecule has 0 saturated carbocycles. The van der Waals surface area contributed by atoms with Gasteiger partial charge in [0.1, 0.15) is 11.4 Å². The van der Waals surface area contributed by atoms with Gasteiger partial charge in [0.05, 0.1) is 20.5 Å². The van der Waals surface area contributed by atoms with E-state index in [2.05, 4.69) is 23.1 Å². The van der Waals surface area contributed by atoms with E-state index in [-0.39, 0.29) is 0 Å². The van der Waals surface area contributed by atoms with Gasteiger partial charge in [-0.3, -0.25) is 0 Å². The molecule has 2 aromatic heterocycles. The molecule has 29 heavy (non-hydrogen) atoms. The lowest BCUT2D eigenvalue weighted by Crippen LogP contribution is -2.32. The Morgan fingerprint density at radius 1 is 0.966 bits per heavy atom. The lowest BCUT2D eigenvalue weighted by Gasteiger charge is -2.27. The van der Waals surface area contributed by atoms with Crippen molar-refractivity contribution in [3.05, 3.63) is 48.9 Å². The number of methoxy groups -OCH3 is 2. The summed E-state index contributed by atoms with van der Waals surface area (Å²) >= 11 is 2.00. The lowest BCUT2D eigenvalue weighted by atomic mass is 9.96. The first-order valence-corrected chi connectivity index (χ1v) is 10.8. The van der Waals surface area contributed by atoms with Gasteiger partial charge in [-0.2, -0.15) is 11.8 Å². The van der Waals surface area contributed by atoms with E-state index >= 15 is 0 Å². The van der Waals surface area contributed by atoms with E-state index in [1.807, 2.05) is 36.2 Å². The minimum atomic E-state index is 0.697. The SMILES string of the molecule is COc1cc2cc3ccoc3c(-c3ccc(N4CCSCC4)nc3)c2cc1OC. The Kier molecular flexibility index (Phi) is 4.72. The number of aromatic nitrogens is 1. The Hall–Kier alpha value is -2.86. The summed E-state index contributed by atoms with van der Waals surface area (Å²) in [5.74, 6) is 4.75. The molecule has 0 unspecified atom stereocenters. The van der Waals surface area contributed by atoms with Gasteiger partial charge in [0, 0.05) is 47.3 Å². The first-order chi connectivity index (χ1) is 14.3. The molecule has 0 bridgehead atoms. The molecule has 1 aliphatic rings. The average molecular weight is 407 g/mol. The zero-order valence-electron chi connectivity index (χ0n) is 16.5. The monoisotopic (exact) mass is 406 g/mol. The van der Waals surface area contributed by atoms with Crippen molar-refractivity contribution in [1.82, 2.24) is 4.98 Å². The topological polar surface area (TPSA) is 47.7 Å². The van der Waals surface area contributed by atoms with E-state index < -0.39 is 0 Å². The van der Waals surface area contributed by atoms with Crippen LogP contribution in [0.5, 0.6) is 11.5 Å². The molecule has 5 rings (SSSR count). The van der Waals surface area contributed by atoms with Crippen LogP contribution in [0.25, 0.3) is 32.9 Å². The van der Waals surface area contributed by atoms with E-state index in [4.69, 9.17) is 18.9 Å². The second kappa shape index (κ2) is 7.52. The summed E-state index contributed by atoms with van der Waals surface area (Å²) in [4.78, 5) is 7.12. The maximum atomic E-state index is 5.88. The maximum Gasteiger partial charge on any atom is 0.161 e. The van der Waals surface area contributed by atoms with Crippen LogP contribution in [0.4, 0.5) is 5.82 Å². The fraction of sp³-hybridized carbons (Fsp3) is 0.261. The number of fused-ring (bicyclic) bond motifs is 2. The summed E-state index contributed by atoms with van der Waals surface area (Å²) in [5, 5.41) is 3.18. The van der Waals surface area contributed by atoms with Crippen LogP contribution in [0.2, 0.25) is 0 Å². The molecule has 4 aromatic rings. The van der Waals surface area contributed by atoms with E-state index in [0.29, 0.717) is 11.5 Å². The van der Waals surface area contributed by atoms with Gasteiger partial charge in [-0.25, -0.2) is 4.98 Å². The molecule has 5 nitrogen and oxygen atoms in total. The third-order valence-electron chi connectivity index (χ3n) is 5.43. The normalized spacial score (nSPS) is 14.5. The molecule has 0 aliphatic carbocycles. The Labute approximate surface area is 173 Å². The molecule has 0 spiro atoms. The number of hydrogen-bond acceptors (Lipinski definition) is 6. The minimum Gasteiger partial charge on any atom is -0.493 e. The second-order valence-corrected chi connectivity index (χ2v) is 8.25. The number of nitrogens with zero attached hydrogens (tertiary/aromatic N) is 2. The summed E-state index contributed by atoms with van der Waals surface area (Å²) in [6.07, 6.45) is 3.68. The van der Waals surface area contributed by atoms with Crippen molar-refractivity contribution < 1.29 is 13.9 Å². The minimum absolute atomic E-state index is 0.697. The summed E-state index contributed by atoms with van der Waals surface area (Å²) in [5.41, 5.74) is 2.91. The van der Waals surface area contributed by atoms with Gasteiger partial charge < -0.3 is 18.8 Å². The van der Waals surface area contributed by atoms with Crippen LogP contribution in [0.1, 0.15) is 0 Å². The highest BCUT2D eigenvalue weighted by Gasteiger charge is 2.17. The first kappa shape index (κ1) is 18.2. The predicted molar refractivity (Wildman–Crippen MR) is 120 cm³/mol. The molecule has 0 radical (unpaired) electrons. The zero-order chi connectivity index (χ0) is 19.8. The van der Waals surface area contributed by atoms with Gasteiger partial charge in [-0.15, -0.1) is 0 Å². The third-order valence-corrected chi connectivity index (χ3v) is 6.37. The van der Waals surface area contributed by atoms with E-state index in [9.17, 15) is 0 Å². The largest absolute Gasteiger partial charge is 0.493 e. The standard InChI is InChI=1S/C23H22N2O3S/c1-26-19-12-17-11-15-5-8-28-23(15)22(18(17)13-20(19)27-2)16-3-4-21(24-14-16)25-6-9-29-10-7-25/h3-5,8,11-14H,6-7,9-10H2,1-2H3. The predicted octanol–water partition coefficient (Wildman–Crippen LogP) is 5.22. The van der Waals surface area contributed by atoms with E-state index in [1.165, 1.54) is 0 Å². The maximum absolute atomic E-state index is 5.88. The van der Waals surface area contributed by atoms with Gasteiger partial charge >= 0.3 is 0 Å². The number of furan rings is 1. The number of pyridine rings is 1. The van der Waals surface area contributed by atoms with Gasteiger partial charge in [-0.05, 0) is 47.2 Å². The molecule has 1 aliphatic heterocycles. The summed E-state index contributed by atoms with van der Waals surface area (Å²) in [6.45, 7) is 2.09. The molecule has 0 N–H and O–H groups in total. The highest BCUT2D eigenvalue weighted by molar-refractivity contribution is 7.99.